The molecule has 3 rings (SSSR count). The Labute approximate surface area is 115 Å². The number of aryl methyl sites for hydroxylation is 1. The van der Waals surface area contributed by atoms with Crippen LogP contribution in [0.2, 0.25) is 0 Å². The van der Waals surface area contributed by atoms with Gasteiger partial charge in [0, 0.05) is 18.5 Å². The van der Waals surface area contributed by atoms with E-state index in [1.165, 1.54) is 29.5 Å². The minimum Gasteiger partial charge on any atom is -0.315 e. The highest BCUT2D eigenvalue weighted by molar-refractivity contribution is 5.29. The molecule has 0 amide bonds. The molecule has 0 radical (unpaired) electrons. The van der Waals surface area contributed by atoms with Crippen molar-refractivity contribution in [2.75, 3.05) is 13.1 Å². The minimum atomic E-state index is 0.410. The van der Waals surface area contributed by atoms with Gasteiger partial charge in [0.1, 0.15) is 0 Å². The van der Waals surface area contributed by atoms with Crippen LogP contribution in [0, 0.1) is 12.3 Å². The second kappa shape index (κ2) is 5.18. The van der Waals surface area contributed by atoms with Gasteiger partial charge in [0.15, 0.2) is 0 Å². The molecule has 2 aromatic rings. The topological polar surface area (TPSA) is 12.0 Å². The fourth-order valence-electron chi connectivity index (χ4n) is 3.03. The van der Waals surface area contributed by atoms with Gasteiger partial charge in [0.05, 0.1) is 0 Å². The second-order valence-electron chi connectivity index (χ2n) is 5.87. The lowest BCUT2D eigenvalue weighted by Crippen LogP contribution is -2.56. The number of hydrogen-bond acceptors (Lipinski definition) is 1. The summed E-state index contributed by atoms with van der Waals surface area (Å²) in [6.45, 7) is 4.49. The molecule has 1 saturated heterocycles. The Balaban J connectivity index is 1.79. The average molecular weight is 251 g/mol. The van der Waals surface area contributed by atoms with Crippen molar-refractivity contribution >= 4 is 0 Å². The second-order valence-corrected chi connectivity index (χ2v) is 5.87. The van der Waals surface area contributed by atoms with Crippen molar-refractivity contribution < 1.29 is 0 Å². The largest absolute Gasteiger partial charge is 0.315 e. The lowest BCUT2D eigenvalue weighted by Gasteiger charge is -2.43. The van der Waals surface area contributed by atoms with Crippen LogP contribution in [0.4, 0.5) is 0 Å². The summed E-state index contributed by atoms with van der Waals surface area (Å²) in [6, 6.07) is 19.7. The molecule has 0 saturated carbocycles. The van der Waals surface area contributed by atoms with Crippen LogP contribution in [0.3, 0.4) is 0 Å². The summed E-state index contributed by atoms with van der Waals surface area (Å²) in [5.74, 6) is 0. The summed E-state index contributed by atoms with van der Waals surface area (Å²) in [5.41, 5.74) is 4.78. The smallest absolute Gasteiger partial charge is 0.00332 e. The summed E-state index contributed by atoms with van der Waals surface area (Å²) < 4.78 is 0. The van der Waals surface area contributed by atoms with Crippen molar-refractivity contribution in [3.05, 3.63) is 71.3 Å². The van der Waals surface area contributed by atoms with Gasteiger partial charge in [-0.2, -0.15) is 0 Å². The lowest BCUT2D eigenvalue weighted by atomic mass is 9.71. The van der Waals surface area contributed by atoms with Crippen LogP contribution in [-0.4, -0.2) is 13.1 Å². The zero-order chi connectivity index (χ0) is 13.1. The molecular weight excluding hydrogens is 230 g/mol. The maximum atomic E-state index is 3.46. The molecule has 1 fully saturated rings. The number of rotatable bonds is 4. The summed E-state index contributed by atoms with van der Waals surface area (Å²) in [7, 11) is 0. The van der Waals surface area contributed by atoms with E-state index in [0.29, 0.717) is 5.41 Å². The summed E-state index contributed by atoms with van der Waals surface area (Å²) >= 11 is 0. The van der Waals surface area contributed by atoms with Gasteiger partial charge in [-0.05, 0) is 36.5 Å². The molecule has 1 heteroatoms. The van der Waals surface area contributed by atoms with E-state index in [2.05, 4.69) is 66.8 Å². The molecule has 19 heavy (non-hydrogen) atoms. The summed E-state index contributed by atoms with van der Waals surface area (Å²) in [6.07, 6.45) is 2.36. The molecule has 1 aliphatic rings. The fourth-order valence-corrected chi connectivity index (χ4v) is 3.03. The molecule has 0 bridgehead atoms. The lowest BCUT2D eigenvalue weighted by molar-refractivity contribution is 0.166. The molecule has 1 nitrogen and oxygen atoms in total. The Morgan fingerprint density at radius 1 is 0.895 bits per heavy atom. The molecule has 1 heterocycles. The number of hydrogen-bond donors (Lipinski definition) is 1. The van der Waals surface area contributed by atoms with E-state index in [0.717, 1.165) is 13.1 Å². The third-order valence-corrected chi connectivity index (χ3v) is 4.25. The first-order chi connectivity index (χ1) is 9.27. The van der Waals surface area contributed by atoms with E-state index in [-0.39, 0.29) is 0 Å². The third kappa shape index (κ3) is 2.71. The van der Waals surface area contributed by atoms with Crippen LogP contribution in [0.5, 0.6) is 0 Å². The van der Waals surface area contributed by atoms with Gasteiger partial charge in [0.2, 0.25) is 0 Å². The highest BCUT2D eigenvalue weighted by Gasteiger charge is 2.37. The van der Waals surface area contributed by atoms with E-state index in [4.69, 9.17) is 0 Å². The molecule has 0 aromatic heterocycles. The van der Waals surface area contributed by atoms with E-state index >= 15 is 0 Å². The highest BCUT2D eigenvalue weighted by Crippen LogP contribution is 2.32. The molecule has 0 unspecified atom stereocenters. The summed E-state index contributed by atoms with van der Waals surface area (Å²) in [5, 5.41) is 3.46. The first-order valence-corrected chi connectivity index (χ1v) is 7.07. The predicted molar refractivity (Wildman–Crippen MR) is 80.3 cm³/mol. The molecule has 0 spiro atoms. The van der Waals surface area contributed by atoms with Crippen LogP contribution in [0.25, 0.3) is 0 Å². The Morgan fingerprint density at radius 3 is 2.21 bits per heavy atom. The molecular formula is C18H21N. The van der Waals surface area contributed by atoms with Crippen LogP contribution >= 0.6 is 0 Å². The van der Waals surface area contributed by atoms with Gasteiger partial charge >= 0.3 is 0 Å². The monoisotopic (exact) mass is 251 g/mol. The SMILES string of the molecule is Cc1ccccc1CC1(Cc2ccccc2)CNC1. The van der Waals surface area contributed by atoms with Crippen LogP contribution in [0.15, 0.2) is 54.6 Å². The Morgan fingerprint density at radius 2 is 1.58 bits per heavy atom. The van der Waals surface area contributed by atoms with Gasteiger partial charge in [-0.1, -0.05) is 54.6 Å². The number of nitrogens with one attached hydrogen (secondary N) is 1. The quantitative estimate of drug-likeness (QED) is 0.878. The number of benzene rings is 2. The van der Waals surface area contributed by atoms with Crippen molar-refractivity contribution in [2.45, 2.75) is 19.8 Å². The van der Waals surface area contributed by atoms with E-state index in [9.17, 15) is 0 Å². The minimum absolute atomic E-state index is 0.410. The third-order valence-electron chi connectivity index (χ3n) is 4.25. The Hall–Kier alpha value is -1.60. The van der Waals surface area contributed by atoms with Crippen molar-refractivity contribution in [1.29, 1.82) is 0 Å². The van der Waals surface area contributed by atoms with Crippen molar-refractivity contribution in [1.82, 2.24) is 5.32 Å². The molecule has 98 valence electrons. The van der Waals surface area contributed by atoms with Gasteiger partial charge in [-0.3, -0.25) is 0 Å². The molecule has 1 aliphatic heterocycles. The van der Waals surface area contributed by atoms with Gasteiger partial charge in [-0.15, -0.1) is 0 Å². The standard InChI is InChI=1S/C18H21N/c1-15-7-5-6-10-17(15)12-18(13-19-14-18)11-16-8-3-2-4-9-16/h2-10,19H,11-14H2,1H3. The Bertz CT molecular complexity index is 541. The highest BCUT2D eigenvalue weighted by atomic mass is 15.0. The average Bonchev–Trinajstić information content (AvgIpc) is 2.40. The maximum absolute atomic E-state index is 3.46. The molecule has 2 aromatic carbocycles. The van der Waals surface area contributed by atoms with E-state index < -0.39 is 0 Å². The van der Waals surface area contributed by atoms with E-state index in [1.54, 1.807) is 0 Å². The van der Waals surface area contributed by atoms with Crippen LogP contribution in [-0.2, 0) is 12.8 Å². The van der Waals surface area contributed by atoms with Gasteiger partial charge in [-0.25, -0.2) is 0 Å². The van der Waals surface area contributed by atoms with Gasteiger partial charge < -0.3 is 5.32 Å². The molecule has 1 N–H and O–H groups in total. The van der Waals surface area contributed by atoms with Crippen LogP contribution in [0.1, 0.15) is 16.7 Å². The van der Waals surface area contributed by atoms with Crippen LogP contribution < -0.4 is 5.32 Å². The maximum Gasteiger partial charge on any atom is 0.00332 e. The Kier molecular flexibility index (Phi) is 3.39. The van der Waals surface area contributed by atoms with Gasteiger partial charge in [0.25, 0.3) is 0 Å². The zero-order valence-corrected chi connectivity index (χ0v) is 11.5. The van der Waals surface area contributed by atoms with Crippen molar-refractivity contribution in [3.63, 3.8) is 0 Å². The fraction of sp³-hybridized carbons (Fsp3) is 0.333. The van der Waals surface area contributed by atoms with Crippen molar-refractivity contribution in [3.8, 4) is 0 Å². The zero-order valence-electron chi connectivity index (χ0n) is 11.5. The van der Waals surface area contributed by atoms with E-state index in [1.807, 2.05) is 0 Å². The predicted octanol–water partition coefficient (Wildman–Crippen LogP) is 3.37. The normalized spacial score (nSPS) is 16.9. The van der Waals surface area contributed by atoms with Crippen molar-refractivity contribution in [2.24, 2.45) is 5.41 Å². The molecule has 0 atom stereocenters. The molecule has 0 aliphatic carbocycles. The first kappa shape index (κ1) is 12.4. The first-order valence-electron chi connectivity index (χ1n) is 7.07. The summed E-state index contributed by atoms with van der Waals surface area (Å²) in [4.78, 5) is 0.